The predicted octanol–water partition coefficient (Wildman–Crippen LogP) is 2.00. The Kier molecular flexibility index (Phi) is 6.57. The second-order valence-corrected chi connectivity index (χ2v) is 7.61. The molecule has 0 amide bonds. The maximum Gasteiger partial charge on any atom is 0.148 e. The lowest BCUT2D eigenvalue weighted by Gasteiger charge is -2.12. The van der Waals surface area contributed by atoms with Crippen LogP contribution in [-0.2, 0) is 16.3 Å². The molecular weight excluding hydrogens is 282 g/mol. The summed E-state index contributed by atoms with van der Waals surface area (Å²) in [6.45, 7) is 4.93. The van der Waals surface area contributed by atoms with Crippen LogP contribution in [0.4, 0.5) is 5.82 Å². The fourth-order valence-corrected chi connectivity index (χ4v) is 3.84. The van der Waals surface area contributed by atoms with Crippen molar-refractivity contribution >= 4 is 27.4 Å². The Labute approximate surface area is 119 Å². The van der Waals surface area contributed by atoms with Crippen molar-refractivity contribution in [3.63, 3.8) is 0 Å². The molecule has 5 nitrogen and oxygen atoms in total. The summed E-state index contributed by atoms with van der Waals surface area (Å²) in [6, 6.07) is 0. The van der Waals surface area contributed by atoms with Crippen molar-refractivity contribution in [1.82, 2.24) is 9.97 Å². The molecule has 1 aromatic heterocycles. The van der Waals surface area contributed by atoms with Gasteiger partial charge in [-0.25, -0.2) is 18.4 Å². The highest BCUT2D eigenvalue weighted by Crippen LogP contribution is 2.26. The van der Waals surface area contributed by atoms with E-state index in [2.05, 4.69) is 22.2 Å². The first-order valence-corrected chi connectivity index (χ1v) is 9.40. The summed E-state index contributed by atoms with van der Waals surface area (Å²) < 4.78 is 22.3. The number of rotatable bonds is 8. The lowest BCUT2D eigenvalue weighted by Crippen LogP contribution is -2.08. The number of hydrogen-bond acceptors (Lipinski definition) is 6. The van der Waals surface area contributed by atoms with Crippen LogP contribution in [0.3, 0.4) is 0 Å². The van der Waals surface area contributed by atoms with Crippen molar-refractivity contribution in [2.45, 2.75) is 31.7 Å². The molecule has 0 aliphatic rings. The molecule has 1 rings (SSSR count). The smallest absolute Gasteiger partial charge is 0.148 e. The normalized spacial score (nSPS) is 11.5. The summed E-state index contributed by atoms with van der Waals surface area (Å²) in [5.41, 5.74) is 1.09. The van der Waals surface area contributed by atoms with Crippen LogP contribution in [0.2, 0.25) is 0 Å². The number of aromatic nitrogens is 2. The van der Waals surface area contributed by atoms with Gasteiger partial charge in [0, 0.05) is 24.1 Å². The first-order valence-electron chi connectivity index (χ1n) is 6.36. The quantitative estimate of drug-likeness (QED) is 0.585. The number of hydrogen-bond donors (Lipinski definition) is 1. The van der Waals surface area contributed by atoms with Crippen LogP contribution in [0, 0.1) is 0 Å². The van der Waals surface area contributed by atoms with E-state index in [9.17, 15) is 8.42 Å². The third-order valence-corrected chi connectivity index (χ3v) is 4.68. The van der Waals surface area contributed by atoms with Gasteiger partial charge >= 0.3 is 0 Å². The highest BCUT2D eigenvalue weighted by molar-refractivity contribution is 8.00. The maximum absolute atomic E-state index is 11.1. The van der Waals surface area contributed by atoms with E-state index < -0.39 is 9.84 Å². The van der Waals surface area contributed by atoms with Crippen molar-refractivity contribution < 1.29 is 8.42 Å². The van der Waals surface area contributed by atoms with Gasteiger partial charge in [-0.15, -0.1) is 11.8 Å². The van der Waals surface area contributed by atoms with Crippen LogP contribution in [0.1, 0.15) is 25.8 Å². The molecule has 0 aromatic carbocycles. The lowest BCUT2D eigenvalue weighted by molar-refractivity contribution is 0.603. The van der Waals surface area contributed by atoms with Gasteiger partial charge in [-0.05, 0) is 13.3 Å². The van der Waals surface area contributed by atoms with E-state index in [-0.39, 0.29) is 5.75 Å². The van der Waals surface area contributed by atoms with Crippen molar-refractivity contribution in [2.75, 3.05) is 29.6 Å². The number of sulfone groups is 1. The SMILES string of the molecule is CCCc1c(NCC)ncnc1SCCS(C)(=O)=O. The zero-order chi connectivity index (χ0) is 14.3. The summed E-state index contributed by atoms with van der Waals surface area (Å²) in [7, 11) is -2.92. The first kappa shape index (κ1) is 16.2. The summed E-state index contributed by atoms with van der Waals surface area (Å²) in [5, 5.41) is 4.11. The van der Waals surface area contributed by atoms with Crippen molar-refractivity contribution in [3.05, 3.63) is 11.9 Å². The highest BCUT2D eigenvalue weighted by atomic mass is 32.2. The molecule has 7 heteroatoms. The van der Waals surface area contributed by atoms with E-state index in [1.54, 1.807) is 0 Å². The van der Waals surface area contributed by atoms with Gasteiger partial charge in [0.1, 0.15) is 27.0 Å². The first-order chi connectivity index (χ1) is 8.98. The minimum Gasteiger partial charge on any atom is -0.370 e. The second-order valence-electron chi connectivity index (χ2n) is 4.26. The van der Waals surface area contributed by atoms with E-state index in [0.29, 0.717) is 5.75 Å². The molecule has 1 N–H and O–H groups in total. The van der Waals surface area contributed by atoms with E-state index >= 15 is 0 Å². The Hall–Kier alpha value is -0.820. The summed E-state index contributed by atoms with van der Waals surface area (Å²) in [5.74, 6) is 1.56. The third kappa shape index (κ3) is 5.78. The highest BCUT2D eigenvalue weighted by Gasteiger charge is 2.11. The molecule has 0 spiro atoms. The molecule has 19 heavy (non-hydrogen) atoms. The van der Waals surface area contributed by atoms with E-state index in [0.717, 1.165) is 35.8 Å². The Bertz CT molecular complexity index is 504. The molecule has 1 heterocycles. The Balaban J connectivity index is 2.83. The van der Waals surface area contributed by atoms with Crippen LogP contribution >= 0.6 is 11.8 Å². The van der Waals surface area contributed by atoms with E-state index in [4.69, 9.17) is 0 Å². The van der Waals surface area contributed by atoms with Gasteiger partial charge < -0.3 is 5.32 Å². The van der Waals surface area contributed by atoms with Gasteiger partial charge in [0.2, 0.25) is 0 Å². The maximum atomic E-state index is 11.1. The summed E-state index contributed by atoms with van der Waals surface area (Å²) in [4.78, 5) is 8.53. The van der Waals surface area contributed by atoms with Gasteiger partial charge in [0.25, 0.3) is 0 Å². The van der Waals surface area contributed by atoms with Crippen LogP contribution in [0.25, 0.3) is 0 Å². The topological polar surface area (TPSA) is 72.0 Å². The Morgan fingerprint density at radius 3 is 2.63 bits per heavy atom. The monoisotopic (exact) mass is 303 g/mol. The largest absolute Gasteiger partial charge is 0.370 e. The minimum atomic E-state index is -2.92. The molecule has 1 aromatic rings. The fraction of sp³-hybridized carbons (Fsp3) is 0.667. The number of anilines is 1. The van der Waals surface area contributed by atoms with Crippen LogP contribution in [0.5, 0.6) is 0 Å². The number of nitrogens with one attached hydrogen (secondary N) is 1. The van der Waals surface area contributed by atoms with Gasteiger partial charge in [-0.1, -0.05) is 13.3 Å². The van der Waals surface area contributed by atoms with Gasteiger partial charge in [-0.3, -0.25) is 0 Å². The Morgan fingerprint density at radius 1 is 1.32 bits per heavy atom. The molecule has 108 valence electrons. The number of thioether (sulfide) groups is 1. The average molecular weight is 303 g/mol. The third-order valence-electron chi connectivity index (χ3n) is 2.44. The predicted molar refractivity (Wildman–Crippen MR) is 80.6 cm³/mol. The summed E-state index contributed by atoms with van der Waals surface area (Å²) in [6.07, 6.45) is 4.68. The van der Waals surface area contributed by atoms with Crippen LogP contribution < -0.4 is 5.32 Å². The van der Waals surface area contributed by atoms with E-state index in [1.807, 2.05) is 6.92 Å². The zero-order valence-corrected chi connectivity index (χ0v) is 13.3. The zero-order valence-electron chi connectivity index (χ0n) is 11.6. The average Bonchev–Trinajstić information content (AvgIpc) is 2.32. The van der Waals surface area contributed by atoms with Gasteiger partial charge in [0.05, 0.1) is 5.75 Å². The lowest BCUT2D eigenvalue weighted by atomic mass is 10.2. The van der Waals surface area contributed by atoms with Gasteiger partial charge in [0.15, 0.2) is 0 Å². The van der Waals surface area contributed by atoms with Crippen molar-refractivity contribution in [1.29, 1.82) is 0 Å². The minimum absolute atomic E-state index is 0.170. The van der Waals surface area contributed by atoms with Crippen molar-refractivity contribution in [2.24, 2.45) is 0 Å². The molecule has 0 fully saturated rings. The summed E-state index contributed by atoms with van der Waals surface area (Å²) >= 11 is 1.48. The molecule has 0 aliphatic carbocycles. The molecule has 0 aliphatic heterocycles. The molecule has 0 saturated heterocycles. The standard InChI is InChI=1S/C12H21N3O2S2/c1-4-6-10-11(13-5-2)14-9-15-12(10)18-7-8-19(3,16)17/h9H,4-8H2,1-3H3,(H,13,14,15). The van der Waals surface area contributed by atoms with Crippen LogP contribution in [-0.4, -0.2) is 42.7 Å². The molecular formula is C12H21N3O2S2. The molecule has 0 radical (unpaired) electrons. The van der Waals surface area contributed by atoms with E-state index in [1.165, 1.54) is 24.3 Å². The molecule has 0 unspecified atom stereocenters. The molecule has 0 saturated carbocycles. The molecule has 0 bridgehead atoms. The van der Waals surface area contributed by atoms with Gasteiger partial charge in [-0.2, -0.15) is 0 Å². The fourth-order valence-electron chi connectivity index (χ4n) is 1.61. The molecule has 0 atom stereocenters. The second kappa shape index (κ2) is 7.69. The number of nitrogens with zero attached hydrogens (tertiary/aromatic N) is 2. The van der Waals surface area contributed by atoms with Crippen LogP contribution in [0.15, 0.2) is 11.4 Å². The Morgan fingerprint density at radius 2 is 2.05 bits per heavy atom. The van der Waals surface area contributed by atoms with Crippen molar-refractivity contribution in [3.8, 4) is 0 Å².